The van der Waals surface area contributed by atoms with Gasteiger partial charge in [-0.25, -0.2) is 14.2 Å². The fourth-order valence-corrected chi connectivity index (χ4v) is 8.49. The van der Waals surface area contributed by atoms with Crippen molar-refractivity contribution in [3.63, 3.8) is 0 Å². The average Bonchev–Trinajstić information content (AvgIpc) is 3.81. The Morgan fingerprint density at radius 2 is 1.69 bits per heavy atom. The molecule has 8 rings (SSSR count). The number of piperidine rings is 1. The van der Waals surface area contributed by atoms with Gasteiger partial charge in [0, 0.05) is 69.9 Å². The standard InChI is InChI=1S/C44H43BrFN5O7.ClH/c45-35-11-6-26(43(55)50-16-14-30(52)15-17-50)18-28(35)24-58-32-9-10-33(36(46)22-32)41-48-38-19-25(7-13-40(38)51(41)29-4-2-1-3-5-29)42(54)49-39(44(56)57)20-27-23-47-37-12-8-31(53)21-34(27)37;/h6-13,18-19,21-23,29-30,39,47,52-53H,1-5,14-17,20,24H2,(H,49,54)(H,56,57);1H. The molecule has 4 aromatic carbocycles. The van der Waals surface area contributed by atoms with E-state index in [4.69, 9.17) is 9.72 Å². The third kappa shape index (κ3) is 8.94. The Labute approximate surface area is 353 Å². The number of benzene rings is 4. The van der Waals surface area contributed by atoms with Gasteiger partial charge in [-0.05, 0) is 98.0 Å². The molecule has 1 aliphatic carbocycles. The molecule has 3 heterocycles. The maximum Gasteiger partial charge on any atom is 0.326 e. The second-order valence-corrected chi connectivity index (χ2v) is 16.0. The van der Waals surface area contributed by atoms with Crippen LogP contribution in [-0.4, -0.2) is 77.8 Å². The summed E-state index contributed by atoms with van der Waals surface area (Å²) in [5, 5.41) is 33.2. The number of carbonyl (C=O) groups excluding carboxylic acids is 2. The molecule has 6 aromatic rings. The second kappa shape index (κ2) is 17.8. The van der Waals surface area contributed by atoms with Crippen LogP contribution in [0, 0.1) is 5.82 Å². The van der Waals surface area contributed by atoms with Gasteiger partial charge in [-0.15, -0.1) is 12.4 Å². The van der Waals surface area contributed by atoms with Crippen molar-refractivity contribution in [3.8, 4) is 22.9 Å². The van der Waals surface area contributed by atoms with E-state index >= 15 is 4.39 Å². The van der Waals surface area contributed by atoms with E-state index < -0.39 is 23.7 Å². The van der Waals surface area contributed by atoms with E-state index in [-0.39, 0.29) is 60.4 Å². The van der Waals surface area contributed by atoms with E-state index in [0.29, 0.717) is 59.5 Å². The molecule has 0 radical (unpaired) electrons. The molecule has 1 atom stereocenters. The Morgan fingerprint density at radius 1 is 0.932 bits per heavy atom. The number of aromatic nitrogens is 3. The highest BCUT2D eigenvalue weighted by molar-refractivity contribution is 9.10. The molecule has 2 aromatic heterocycles. The number of amides is 2. The highest BCUT2D eigenvalue weighted by atomic mass is 79.9. The van der Waals surface area contributed by atoms with Crippen molar-refractivity contribution in [1.82, 2.24) is 24.8 Å². The molecular weight excluding hydrogens is 845 g/mol. The Bertz CT molecular complexity index is 2530. The van der Waals surface area contributed by atoms with Crippen molar-refractivity contribution in [2.45, 2.75) is 76.2 Å². The lowest BCUT2D eigenvalue weighted by Gasteiger charge is -2.29. The Hall–Kier alpha value is -5.44. The first-order valence-corrected chi connectivity index (χ1v) is 20.3. The lowest BCUT2D eigenvalue weighted by Crippen LogP contribution is -2.42. The topological polar surface area (TPSA) is 170 Å². The number of rotatable bonds is 11. The van der Waals surface area contributed by atoms with Crippen molar-refractivity contribution in [2.24, 2.45) is 0 Å². The zero-order valence-electron chi connectivity index (χ0n) is 32.0. The molecule has 0 spiro atoms. The number of carbonyl (C=O) groups is 3. The largest absolute Gasteiger partial charge is 0.508 e. The van der Waals surface area contributed by atoms with E-state index in [9.17, 15) is 29.7 Å². The summed E-state index contributed by atoms with van der Waals surface area (Å²) in [7, 11) is 0. The van der Waals surface area contributed by atoms with Crippen LogP contribution in [0.3, 0.4) is 0 Å². The van der Waals surface area contributed by atoms with Crippen LogP contribution in [0.4, 0.5) is 4.39 Å². The summed E-state index contributed by atoms with van der Waals surface area (Å²) in [6.45, 7) is 1.07. The molecule has 1 aliphatic heterocycles. The summed E-state index contributed by atoms with van der Waals surface area (Å²) in [4.78, 5) is 48.7. The number of hydrogen-bond acceptors (Lipinski definition) is 7. The maximum atomic E-state index is 16.2. The van der Waals surface area contributed by atoms with Crippen LogP contribution < -0.4 is 10.1 Å². The number of nitrogens with zero attached hydrogens (tertiary/aromatic N) is 3. The molecule has 0 bridgehead atoms. The van der Waals surface area contributed by atoms with Gasteiger partial charge in [0.05, 0.1) is 22.7 Å². The lowest BCUT2D eigenvalue weighted by molar-refractivity contribution is -0.139. The number of imidazole rings is 1. The first kappa shape index (κ1) is 41.7. The summed E-state index contributed by atoms with van der Waals surface area (Å²) in [5.41, 5.74) is 4.31. The van der Waals surface area contributed by atoms with Crippen molar-refractivity contribution in [1.29, 1.82) is 0 Å². The third-order valence-corrected chi connectivity index (χ3v) is 12.1. The van der Waals surface area contributed by atoms with Crippen LogP contribution in [0.25, 0.3) is 33.3 Å². The number of aromatic amines is 1. The van der Waals surface area contributed by atoms with Crippen molar-refractivity contribution in [2.75, 3.05) is 13.1 Å². The molecule has 2 aliphatic rings. The zero-order valence-corrected chi connectivity index (χ0v) is 34.4. The lowest BCUT2D eigenvalue weighted by atomic mass is 9.94. The van der Waals surface area contributed by atoms with Gasteiger partial charge in [0.2, 0.25) is 0 Å². The van der Waals surface area contributed by atoms with Gasteiger partial charge in [-0.3, -0.25) is 9.59 Å². The Morgan fingerprint density at radius 3 is 2.44 bits per heavy atom. The van der Waals surface area contributed by atoms with Crippen molar-refractivity contribution >= 4 is 68.1 Å². The normalized spacial score (nSPS) is 15.5. The summed E-state index contributed by atoms with van der Waals surface area (Å²) in [6, 6.07) is 18.6. The molecule has 15 heteroatoms. The molecule has 59 heavy (non-hydrogen) atoms. The van der Waals surface area contributed by atoms with E-state index in [1.54, 1.807) is 71.8 Å². The van der Waals surface area contributed by atoms with Crippen LogP contribution >= 0.6 is 28.3 Å². The van der Waals surface area contributed by atoms with E-state index in [2.05, 4.69) is 30.8 Å². The number of aliphatic carboxylic acids is 1. The molecule has 2 amide bonds. The van der Waals surface area contributed by atoms with Crippen LogP contribution in [0.2, 0.25) is 0 Å². The van der Waals surface area contributed by atoms with Crippen LogP contribution in [0.5, 0.6) is 11.5 Å². The first-order valence-electron chi connectivity index (χ1n) is 19.6. The fraction of sp³-hybridized carbons (Fsp3) is 0.318. The van der Waals surface area contributed by atoms with E-state index in [1.165, 1.54) is 12.1 Å². The second-order valence-electron chi connectivity index (χ2n) is 15.2. The first-order chi connectivity index (χ1) is 28.0. The van der Waals surface area contributed by atoms with Crippen LogP contribution in [-0.2, 0) is 17.8 Å². The van der Waals surface area contributed by atoms with Crippen molar-refractivity contribution in [3.05, 3.63) is 112 Å². The number of aliphatic hydroxyl groups excluding tert-OH is 1. The van der Waals surface area contributed by atoms with Crippen LogP contribution in [0.15, 0.2) is 83.5 Å². The molecular formula is C44H44BrClFN5O7. The predicted octanol–water partition coefficient (Wildman–Crippen LogP) is 8.32. The fourth-order valence-electron chi connectivity index (χ4n) is 8.13. The summed E-state index contributed by atoms with van der Waals surface area (Å²) in [5.74, 6) is -1.68. The monoisotopic (exact) mass is 887 g/mol. The molecule has 1 saturated heterocycles. The summed E-state index contributed by atoms with van der Waals surface area (Å²) >= 11 is 3.55. The number of nitrogens with one attached hydrogen (secondary N) is 2. The number of carboxylic acid groups (broad SMARTS) is 1. The maximum absolute atomic E-state index is 16.2. The number of aromatic hydroxyl groups is 1. The number of aliphatic hydroxyl groups is 1. The number of phenolic OH excluding ortho intramolecular Hbond substituents is 1. The quantitative estimate of drug-likeness (QED) is 0.0865. The van der Waals surface area contributed by atoms with Gasteiger partial charge in [0.1, 0.15) is 35.8 Å². The Kier molecular flexibility index (Phi) is 12.6. The van der Waals surface area contributed by atoms with Gasteiger partial charge in [0.25, 0.3) is 11.8 Å². The number of halogens is 3. The van der Waals surface area contributed by atoms with E-state index in [1.807, 2.05) is 0 Å². The number of likely N-dealkylation sites (tertiary alicyclic amines) is 1. The minimum atomic E-state index is -1.25. The number of carboxylic acids is 1. The van der Waals surface area contributed by atoms with Gasteiger partial charge in [0.15, 0.2) is 0 Å². The smallest absolute Gasteiger partial charge is 0.326 e. The Balaban J connectivity index is 0.00000528. The summed E-state index contributed by atoms with van der Waals surface area (Å²) < 4.78 is 25.0. The van der Waals surface area contributed by atoms with E-state index in [0.717, 1.165) is 53.2 Å². The molecule has 2 fully saturated rings. The minimum absolute atomic E-state index is 0. The van der Waals surface area contributed by atoms with Crippen LogP contribution in [0.1, 0.15) is 82.8 Å². The van der Waals surface area contributed by atoms with Crippen molar-refractivity contribution < 1.29 is 38.8 Å². The molecule has 1 saturated carbocycles. The highest BCUT2D eigenvalue weighted by Crippen LogP contribution is 2.38. The number of hydrogen-bond donors (Lipinski definition) is 5. The van der Waals surface area contributed by atoms with Gasteiger partial charge in [-0.1, -0.05) is 35.2 Å². The summed E-state index contributed by atoms with van der Waals surface area (Å²) in [6.07, 6.45) is 7.32. The third-order valence-electron chi connectivity index (χ3n) is 11.3. The van der Waals surface area contributed by atoms with Gasteiger partial charge in [-0.2, -0.15) is 0 Å². The molecule has 5 N–H and O–H groups in total. The predicted molar refractivity (Wildman–Crippen MR) is 227 cm³/mol. The SMILES string of the molecule is Cl.O=C(NC(Cc1c[nH]c2ccc(O)cc12)C(=O)O)c1ccc2c(c1)nc(-c1ccc(OCc3cc(C(=O)N4CCC(O)CC4)ccc3Br)cc1F)n2C1CCCCC1. The minimum Gasteiger partial charge on any atom is -0.508 e. The number of phenols is 1. The number of fused-ring (bicyclic) bond motifs is 2. The number of H-pyrrole nitrogens is 1. The molecule has 1 unspecified atom stereocenters. The highest BCUT2D eigenvalue weighted by Gasteiger charge is 2.27. The molecule has 308 valence electrons. The zero-order chi connectivity index (χ0) is 40.5. The number of ether oxygens (including phenoxy) is 1. The average molecular weight is 889 g/mol. The molecule has 12 nitrogen and oxygen atoms in total. The van der Waals surface area contributed by atoms with Gasteiger partial charge < -0.3 is 39.8 Å². The van der Waals surface area contributed by atoms with Gasteiger partial charge >= 0.3 is 5.97 Å².